The zero-order valence-electron chi connectivity index (χ0n) is 13.2. The van der Waals surface area contributed by atoms with Crippen molar-refractivity contribution in [1.29, 1.82) is 0 Å². The van der Waals surface area contributed by atoms with Gasteiger partial charge in [-0.1, -0.05) is 18.2 Å². The number of amides is 2. The molecule has 4 nitrogen and oxygen atoms in total. The quantitative estimate of drug-likeness (QED) is 0.837. The van der Waals surface area contributed by atoms with E-state index in [2.05, 4.69) is 5.32 Å². The molecule has 2 rings (SSSR count). The summed E-state index contributed by atoms with van der Waals surface area (Å²) in [5.74, 6) is -4.16. The average molecular weight is 338 g/mol. The molecule has 0 aliphatic carbocycles. The van der Waals surface area contributed by atoms with Gasteiger partial charge in [-0.05, 0) is 30.7 Å². The van der Waals surface area contributed by atoms with Gasteiger partial charge in [0.25, 0.3) is 0 Å². The number of aliphatic hydroxyl groups is 1. The van der Waals surface area contributed by atoms with E-state index in [1.54, 1.807) is 31.2 Å². The summed E-state index contributed by atoms with van der Waals surface area (Å²) in [4.78, 5) is 13.5. The summed E-state index contributed by atoms with van der Waals surface area (Å²) < 4.78 is 40.0. The molecule has 7 heteroatoms. The lowest BCUT2D eigenvalue weighted by molar-refractivity contribution is 0.166. The molecule has 2 amide bonds. The van der Waals surface area contributed by atoms with Crippen molar-refractivity contribution in [3.05, 3.63) is 53.8 Å². The van der Waals surface area contributed by atoms with Crippen LogP contribution in [0.3, 0.4) is 0 Å². The maximum atomic E-state index is 13.5. The summed E-state index contributed by atoms with van der Waals surface area (Å²) in [7, 11) is 1.51. The molecule has 0 aromatic heterocycles. The molecule has 2 N–H and O–H groups in total. The third-order valence-corrected chi connectivity index (χ3v) is 3.71. The predicted molar refractivity (Wildman–Crippen MR) is 85.1 cm³/mol. The number of urea groups is 1. The van der Waals surface area contributed by atoms with Crippen LogP contribution in [0.2, 0.25) is 0 Å². The summed E-state index contributed by atoms with van der Waals surface area (Å²) in [5.41, 5.74) is 0.749. The number of aliphatic hydroxyl groups excluding tert-OH is 1. The Balaban J connectivity index is 2.36. The lowest BCUT2D eigenvalue weighted by Crippen LogP contribution is -2.40. The van der Waals surface area contributed by atoms with Crippen LogP contribution in [-0.4, -0.2) is 35.7 Å². The van der Waals surface area contributed by atoms with Crippen molar-refractivity contribution in [2.45, 2.75) is 13.0 Å². The summed E-state index contributed by atoms with van der Waals surface area (Å²) in [6.07, 6.45) is 0. The molecule has 2 aromatic carbocycles. The monoisotopic (exact) mass is 338 g/mol. The van der Waals surface area contributed by atoms with Gasteiger partial charge in [-0.15, -0.1) is 0 Å². The fraction of sp³-hybridized carbons (Fsp3) is 0.235. The maximum absolute atomic E-state index is 13.5. The van der Waals surface area contributed by atoms with Crippen LogP contribution in [0.5, 0.6) is 0 Å². The van der Waals surface area contributed by atoms with Crippen LogP contribution >= 0.6 is 0 Å². The Morgan fingerprint density at radius 3 is 2.38 bits per heavy atom. The van der Waals surface area contributed by atoms with Crippen LogP contribution < -0.4 is 5.32 Å². The minimum atomic E-state index is -1.54. The van der Waals surface area contributed by atoms with Crippen LogP contribution in [0.4, 0.5) is 23.7 Å². The number of likely N-dealkylation sites (N-methyl/N-ethyl adjacent to an activating group) is 1. The molecule has 0 fully saturated rings. The smallest absolute Gasteiger partial charge is 0.321 e. The topological polar surface area (TPSA) is 52.6 Å². The fourth-order valence-electron chi connectivity index (χ4n) is 2.08. The van der Waals surface area contributed by atoms with E-state index in [1.165, 1.54) is 11.9 Å². The van der Waals surface area contributed by atoms with Gasteiger partial charge in [0.2, 0.25) is 0 Å². The molecule has 0 saturated heterocycles. The molecule has 0 aliphatic heterocycles. The standard InChI is InChI=1S/C17H17F3N2O2/c1-10(9-23)22(2)17(24)21-15-6-4-3-5-12(15)11-7-13(18)16(20)14(19)8-11/h3-8,10,23H,9H2,1-2H3,(H,21,24). The second-order valence-corrected chi connectivity index (χ2v) is 5.37. The highest BCUT2D eigenvalue weighted by Crippen LogP contribution is 2.30. The highest BCUT2D eigenvalue weighted by Gasteiger charge is 2.18. The first-order valence-corrected chi connectivity index (χ1v) is 7.23. The van der Waals surface area contributed by atoms with Crippen LogP contribution in [0.1, 0.15) is 6.92 Å². The number of nitrogens with one attached hydrogen (secondary N) is 1. The summed E-state index contributed by atoms with van der Waals surface area (Å²) in [6, 6.07) is 7.22. The number of anilines is 1. The molecule has 24 heavy (non-hydrogen) atoms. The normalized spacial score (nSPS) is 11.9. The van der Waals surface area contributed by atoms with Gasteiger partial charge in [-0.25, -0.2) is 18.0 Å². The number of hydrogen-bond acceptors (Lipinski definition) is 2. The first-order valence-electron chi connectivity index (χ1n) is 7.23. The number of carbonyl (C=O) groups is 1. The van der Waals surface area contributed by atoms with E-state index in [1.807, 2.05) is 0 Å². The lowest BCUT2D eigenvalue weighted by Gasteiger charge is -2.24. The Kier molecular flexibility index (Phi) is 5.46. The van der Waals surface area contributed by atoms with Crippen molar-refractivity contribution in [3.8, 4) is 11.1 Å². The number of benzene rings is 2. The third kappa shape index (κ3) is 3.68. The van der Waals surface area contributed by atoms with Gasteiger partial charge < -0.3 is 15.3 Å². The highest BCUT2D eigenvalue weighted by molar-refractivity contribution is 5.94. The number of para-hydroxylation sites is 1. The van der Waals surface area contributed by atoms with Crippen molar-refractivity contribution in [2.24, 2.45) is 0 Å². The van der Waals surface area contributed by atoms with Crippen molar-refractivity contribution < 1.29 is 23.1 Å². The molecule has 2 aromatic rings. The summed E-state index contributed by atoms with van der Waals surface area (Å²) in [5, 5.41) is 11.7. The minimum Gasteiger partial charge on any atom is -0.394 e. The Hall–Kier alpha value is -2.54. The number of halogens is 3. The molecule has 128 valence electrons. The van der Waals surface area contributed by atoms with E-state index in [9.17, 15) is 18.0 Å². The number of hydrogen-bond donors (Lipinski definition) is 2. The van der Waals surface area contributed by atoms with E-state index >= 15 is 0 Å². The molecule has 0 bridgehead atoms. The highest BCUT2D eigenvalue weighted by atomic mass is 19.2. The Morgan fingerprint density at radius 2 is 1.79 bits per heavy atom. The van der Waals surface area contributed by atoms with Crippen molar-refractivity contribution >= 4 is 11.7 Å². The fourth-order valence-corrected chi connectivity index (χ4v) is 2.08. The Labute approximate surface area is 137 Å². The van der Waals surface area contributed by atoms with E-state index in [4.69, 9.17) is 5.11 Å². The van der Waals surface area contributed by atoms with Gasteiger partial charge in [-0.2, -0.15) is 0 Å². The maximum Gasteiger partial charge on any atom is 0.321 e. The SMILES string of the molecule is CC(CO)N(C)C(=O)Nc1ccccc1-c1cc(F)c(F)c(F)c1. The lowest BCUT2D eigenvalue weighted by atomic mass is 10.0. The van der Waals surface area contributed by atoms with Gasteiger partial charge in [0.15, 0.2) is 17.5 Å². The van der Waals surface area contributed by atoms with Crippen molar-refractivity contribution in [3.63, 3.8) is 0 Å². The number of carbonyl (C=O) groups excluding carboxylic acids is 1. The Bertz CT molecular complexity index is 729. The van der Waals surface area contributed by atoms with Crippen LogP contribution in [-0.2, 0) is 0 Å². The number of nitrogens with zero attached hydrogens (tertiary/aromatic N) is 1. The minimum absolute atomic E-state index is 0.0974. The van der Waals surface area contributed by atoms with Gasteiger partial charge in [0.1, 0.15) is 0 Å². The zero-order chi connectivity index (χ0) is 17.9. The number of rotatable bonds is 4. The van der Waals surface area contributed by atoms with Crippen LogP contribution in [0.15, 0.2) is 36.4 Å². The molecule has 0 heterocycles. The summed E-state index contributed by atoms with van der Waals surface area (Å²) in [6.45, 7) is 1.45. The molecular formula is C17H17F3N2O2. The largest absolute Gasteiger partial charge is 0.394 e. The molecule has 0 saturated carbocycles. The van der Waals surface area contributed by atoms with E-state index in [0.29, 0.717) is 11.3 Å². The molecule has 0 radical (unpaired) electrons. The molecule has 0 aliphatic rings. The van der Waals surface area contributed by atoms with Crippen molar-refractivity contribution in [2.75, 3.05) is 19.0 Å². The first-order chi connectivity index (χ1) is 11.3. The second kappa shape index (κ2) is 7.35. The zero-order valence-corrected chi connectivity index (χ0v) is 13.2. The van der Waals surface area contributed by atoms with Crippen LogP contribution in [0.25, 0.3) is 11.1 Å². The molecule has 0 spiro atoms. The second-order valence-electron chi connectivity index (χ2n) is 5.37. The van der Waals surface area contributed by atoms with E-state index in [-0.39, 0.29) is 12.2 Å². The molecule has 1 unspecified atom stereocenters. The van der Waals surface area contributed by atoms with Crippen LogP contribution in [0, 0.1) is 17.5 Å². The van der Waals surface area contributed by atoms with Gasteiger partial charge in [-0.3, -0.25) is 0 Å². The summed E-state index contributed by atoms with van der Waals surface area (Å²) >= 11 is 0. The molecule has 1 atom stereocenters. The van der Waals surface area contributed by atoms with E-state index in [0.717, 1.165) is 12.1 Å². The van der Waals surface area contributed by atoms with Gasteiger partial charge in [0.05, 0.1) is 18.3 Å². The van der Waals surface area contributed by atoms with E-state index < -0.39 is 29.5 Å². The molecular weight excluding hydrogens is 321 g/mol. The predicted octanol–water partition coefficient (Wildman–Crippen LogP) is 3.62. The van der Waals surface area contributed by atoms with Crippen molar-refractivity contribution in [1.82, 2.24) is 4.90 Å². The van der Waals surface area contributed by atoms with Gasteiger partial charge in [0, 0.05) is 12.6 Å². The van der Waals surface area contributed by atoms with Gasteiger partial charge >= 0.3 is 6.03 Å². The Morgan fingerprint density at radius 1 is 1.21 bits per heavy atom. The third-order valence-electron chi connectivity index (χ3n) is 3.71. The average Bonchev–Trinajstić information content (AvgIpc) is 2.58. The first kappa shape index (κ1) is 17.8.